The maximum atomic E-state index is 11.3. The summed E-state index contributed by atoms with van der Waals surface area (Å²) in [5, 5.41) is 22.5. The first-order valence-corrected chi connectivity index (χ1v) is 8.31. The molecule has 0 aliphatic rings. The zero-order chi connectivity index (χ0) is 16.9. The molecule has 22 heavy (non-hydrogen) atoms. The Morgan fingerprint density at radius 2 is 1.73 bits per heavy atom. The van der Waals surface area contributed by atoms with Crippen molar-refractivity contribution in [2.24, 2.45) is 10.9 Å². The zero-order valence-electron chi connectivity index (χ0n) is 11.3. The first-order valence-electron chi connectivity index (χ1n) is 5.97. The highest BCUT2D eigenvalue weighted by Gasteiger charge is 2.12. The van der Waals surface area contributed by atoms with E-state index in [0.717, 1.165) is 9.86 Å². The number of halogens is 1. The molecule has 120 valence electrons. The second-order valence-electron chi connectivity index (χ2n) is 4.26. The standard InChI is InChI=1S/C10H8BrNO2S.C3H7NO3/c11-9-5-6-10(15(12,13)14)8-4-2-1-3-7(8)9;4-2(1-5)3(6)7/h1-6H,(H2,12,13,14);2,5H,1,4H2,(H,6,7). The fourth-order valence-electron chi connectivity index (χ4n) is 1.56. The number of aliphatic hydroxyl groups is 1. The van der Waals surface area contributed by atoms with Crippen molar-refractivity contribution in [1.82, 2.24) is 0 Å². The number of carboxylic acids is 1. The van der Waals surface area contributed by atoms with Gasteiger partial charge in [0.15, 0.2) is 0 Å². The van der Waals surface area contributed by atoms with Crippen molar-refractivity contribution in [3.8, 4) is 0 Å². The Morgan fingerprint density at radius 1 is 1.18 bits per heavy atom. The summed E-state index contributed by atoms with van der Waals surface area (Å²) in [5.41, 5.74) is 4.77. The molecule has 7 nitrogen and oxygen atoms in total. The smallest absolute Gasteiger partial charge is 0.322 e. The number of benzene rings is 2. The molecule has 0 spiro atoms. The molecule has 0 aliphatic heterocycles. The van der Waals surface area contributed by atoms with Crippen LogP contribution in [0, 0.1) is 0 Å². The Kier molecular flexibility index (Phi) is 6.45. The van der Waals surface area contributed by atoms with E-state index in [4.69, 9.17) is 21.1 Å². The van der Waals surface area contributed by atoms with Crippen LogP contribution in [-0.4, -0.2) is 37.2 Å². The Hall–Kier alpha value is -1.52. The van der Waals surface area contributed by atoms with Gasteiger partial charge in [-0.05, 0) is 17.5 Å². The Morgan fingerprint density at radius 3 is 2.14 bits per heavy atom. The van der Waals surface area contributed by atoms with E-state index in [1.54, 1.807) is 18.2 Å². The van der Waals surface area contributed by atoms with Gasteiger partial charge in [0, 0.05) is 9.86 Å². The van der Waals surface area contributed by atoms with Gasteiger partial charge in [0.2, 0.25) is 10.0 Å². The SMILES string of the molecule is NC(CO)C(=O)O.NS(=O)(=O)c1ccc(Br)c2ccccc12. The molecule has 6 N–H and O–H groups in total. The number of aliphatic hydroxyl groups excluding tert-OH is 1. The summed E-state index contributed by atoms with van der Waals surface area (Å²) in [6.07, 6.45) is 0. The zero-order valence-corrected chi connectivity index (χ0v) is 13.7. The van der Waals surface area contributed by atoms with E-state index < -0.39 is 28.6 Å². The number of aliphatic carboxylic acids is 1. The average Bonchev–Trinajstić information content (AvgIpc) is 2.46. The first kappa shape index (κ1) is 18.5. The van der Waals surface area contributed by atoms with Crippen molar-refractivity contribution in [2.45, 2.75) is 10.9 Å². The van der Waals surface area contributed by atoms with E-state index >= 15 is 0 Å². The van der Waals surface area contributed by atoms with Crippen LogP contribution in [0.4, 0.5) is 0 Å². The van der Waals surface area contributed by atoms with Crippen LogP contribution in [0.5, 0.6) is 0 Å². The van der Waals surface area contributed by atoms with Crippen LogP contribution in [0.2, 0.25) is 0 Å². The second-order valence-corrected chi connectivity index (χ2v) is 6.65. The van der Waals surface area contributed by atoms with E-state index in [1.165, 1.54) is 6.07 Å². The minimum Gasteiger partial charge on any atom is -0.480 e. The number of hydrogen-bond donors (Lipinski definition) is 4. The normalized spacial score (nSPS) is 12.4. The van der Waals surface area contributed by atoms with Crippen molar-refractivity contribution in [3.63, 3.8) is 0 Å². The van der Waals surface area contributed by atoms with Gasteiger partial charge in [-0.25, -0.2) is 13.6 Å². The molecule has 0 saturated heterocycles. The highest BCUT2D eigenvalue weighted by Crippen LogP contribution is 2.28. The van der Waals surface area contributed by atoms with Gasteiger partial charge in [0.25, 0.3) is 0 Å². The Balaban J connectivity index is 0.000000295. The van der Waals surface area contributed by atoms with Crippen molar-refractivity contribution in [3.05, 3.63) is 40.9 Å². The van der Waals surface area contributed by atoms with E-state index in [1.807, 2.05) is 12.1 Å². The van der Waals surface area contributed by atoms with Crippen LogP contribution >= 0.6 is 15.9 Å². The van der Waals surface area contributed by atoms with E-state index in [2.05, 4.69) is 15.9 Å². The number of carbonyl (C=O) groups is 1. The van der Waals surface area contributed by atoms with Gasteiger partial charge in [-0.3, -0.25) is 4.79 Å². The third-order valence-electron chi connectivity index (χ3n) is 2.65. The molecule has 0 fully saturated rings. The number of rotatable bonds is 3. The molecule has 0 bridgehead atoms. The predicted octanol–water partition coefficient (Wildman–Crippen LogP) is 0.640. The fraction of sp³-hybridized carbons (Fsp3) is 0.154. The number of sulfonamides is 1. The minimum atomic E-state index is -3.67. The van der Waals surface area contributed by atoms with Gasteiger partial charge >= 0.3 is 5.97 Å². The largest absolute Gasteiger partial charge is 0.480 e. The van der Waals surface area contributed by atoms with E-state index in [9.17, 15) is 13.2 Å². The molecule has 0 aliphatic carbocycles. The molecule has 2 aromatic rings. The van der Waals surface area contributed by atoms with Gasteiger partial charge in [-0.15, -0.1) is 0 Å². The molecule has 2 rings (SSSR count). The van der Waals surface area contributed by atoms with Crippen molar-refractivity contribution in [2.75, 3.05) is 6.61 Å². The first-order chi connectivity index (χ1) is 10.2. The molecule has 0 aromatic heterocycles. The number of fused-ring (bicyclic) bond motifs is 1. The lowest BCUT2D eigenvalue weighted by Gasteiger charge is -2.05. The topological polar surface area (TPSA) is 144 Å². The van der Waals surface area contributed by atoms with Crippen molar-refractivity contribution in [1.29, 1.82) is 0 Å². The van der Waals surface area contributed by atoms with Gasteiger partial charge in [0.05, 0.1) is 11.5 Å². The van der Waals surface area contributed by atoms with Crippen LogP contribution in [0.25, 0.3) is 10.8 Å². The molecular formula is C13H15BrN2O5S. The predicted molar refractivity (Wildman–Crippen MR) is 85.7 cm³/mol. The van der Waals surface area contributed by atoms with Gasteiger partial charge in [-0.2, -0.15) is 0 Å². The Labute approximate surface area is 135 Å². The maximum absolute atomic E-state index is 11.3. The van der Waals surface area contributed by atoms with Crippen LogP contribution in [-0.2, 0) is 14.8 Å². The molecule has 0 heterocycles. The lowest BCUT2D eigenvalue weighted by Crippen LogP contribution is -2.33. The molecule has 0 saturated carbocycles. The van der Waals surface area contributed by atoms with Crippen LogP contribution in [0.15, 0.2) is 45.8 Å². The number of carboxylic acid groups (broad SMARTS) is 1. The minimum absolute atomic E-state index is 0.154. The maximum Gasteiger partial charge on any atom is 0.322 e. The third-order valence-corrected chi connectivity index (χ3v) is 4.31. The monoisotopic (exact) mass is 390 g/mol. The molecule has 1 atom stereocenters. The molecule has 0 radical (unpaired) electrons. The summed E-state index contributed by atoms with van der Waals surface area (Å²) < 4.78 is 23.5. The van der Waals surface area contributed by atoms with Crippen LogP contribution in [0.3, 0.4) is 0 Å². The summed E-state index contributed by atoms with van der Waals surface area (Å²) in [5.74, 6) is -1.18. The lowest BCUT2D eigenvalue weighted by atomic mass is 10.1. The second kappa shape index (κ2) is 7.65. The summed E-state index contributed by atoms with van der Waals surface area (Å²) in [6.45, 7) is -0.505. The van der Waals surface area contributed by atoms with Crippen molar-refractivity contribution < 1.29 is 23.4 Å². The quantitative estimate of drug-likeness (QED) is 0.605. The highest BCUT2D eigenvalue weighted by molar-refractivity contribution is 9.10. The molecular weight excluding hydrogens is 376 g/mol. The fourth-order valence-corrected chi connectivity index (χ4v) is 2.78. The summed E-state index contributed by atoms with van der Waals surface area (Å²) >= 11 is 3.36. The van der Waals surface area contributed by atoms with Gasteiger partial charge in [-0.1, -0.05) is 40.2 Å². The number of nitrogens with two attached hydrogens (primary N) is 2. The molecule has 1 unspecified atom stereocenters. The van der Waals surface area contributed by atoms with Crippen LogP contribution in [0.1, 0.15) is 0 Å². The molecule has 2 aromatic carbocycles. The third kappa shape index (κ3) is 4.75. The molecule has 9 heteroatoms. The highest BCUT2D eigenvalue weighted by atomic mass is 79.9. The van der Waals surface area contributed by atoms with Gasteiger partial charge < -0.3 is 15.9 Å². The number of primary sulfonamides is 1. The summed E-state index contributed by atoms with van der Waals surface area (Å²) in [6, 6.07) is 9.27. The lowest BCUT2D eigenvalue weighted by molar-refractivity contribution is -0.139. The Bertz CT molecular complexity index is 779. The summed E-state index contributed by atoms with van der Waals surface area (Å²) in [4.78, 5) is 9.80. The average molecular weight is 391 g/mol. The van der Waals surface area contributed by atoms with E-state index in [-0.39, 0.29) is 4.90 Å². The number of hydrogen-bond acceptors (Lipinski definition) is 5. The van der Waals surface area contributed by atoms with E-state index in [0.29, 0.717) is 5.39 Å². The summed E-state index contributed by atoms with van der Waals surface area (Å²) in [7, 11) is -3.67. The van der Waals surface area contributed by atoms with Crippen molar-refractivity contribution >= 4 is 42.7 Å². The van der Waals surface area contributed by atoms with Crippen LogP contribution < -0.4 is 10.9 Å². The van der Waals surface area contributed by atoms with Gasteiger partial charge in [0.1, 0.15) is 6.04 Å². The molecule has 0 amide bonds.